The molecule has 5 nitrogen and oxygen atoms in total. The van der Waals surface area contributed by atoms with Crippen molar-refractivity contribution in [2.24, 2.45) is 0 Å². The summed E-state index contributed by atoms with van der Waals surface area (Å²) < 4.78 is 5.26. The van der Waals surface area contributed by atoms with Crippen molar-refractivity contribution in [2.75, 3.05) is 18.5 Å². The van der Waals surface area contributed by atoms with E-state index in [0.29, 0.717) is 19.6 Å². The number of rotatable bonds is 5. The third-order valence-electron chi connectivity index (χ3n) is 4.88. The number of nitrogens with zero attached hydrogens (tertiary/aromatic N) is 1. The van der Waals surface area contributed by atoms with Gasteiger partial charge in [0.25, 0.3) is 0 Å². The van der Waals surface area contributed by atoms with E-state index in [2.05, 4.69) is 24.4 Å². The molecule has 130 valence electrons. The predicted molar refractivity (Wildman–Crippen MR) is 93.1 cm³/mol. The molecule has 2 aliphatic rings. The molecular weight excluding hydrogens is 304 g/mol. The van der Waals surface area contributed by atoms with Crippen LogP contribution in [-0.4, -0.2) is 36.1 Å². The number of carbonyl (C=O) groups excluding carboxylic acids is 2. The first-order valence-corrected chi connectivity index (χ1v) is 9.05. The maximum atomic E-state index is 12.6. The van der Waals surface area contributed by atoms with Gasteiger partial charge in [-0.15, -0.1) is 0 Å². The van der Waals surface area contributed by atoms with Gasteiger partial charge in [-0.3, -0.25) is 9.69 Å². The average Bonchev–Trinajstić information content (AvgIpc) is 3.23. The van der Waals surface area contributed by atoms with Gasteiger partial charge in [0, 0.05) is 12.2 Å². The Labute approximate surface area is 143 Å². The summed E-state index contributed by atoms with van der Waals surface area (Å²) in [7, 11) is 0. The van der Waals surface area contributed by atoms with Crippen LogP contribution < -0.4 is 5.32 Å². The second kappa shape index (κ2) is 7.69. The van der Waals surface area contributed by atoms with Gasteiger partial charge >= 0.3 is 6.09 Å². The number of anilines is 1. The van der Waals surface area contributed by atoms with Crippen molar-refractivity contribution in [3.8, 4) is 0 Å². The van der Waals surface area contributed by atoms with Gasteiger partial charge in [-0.25, -0.2) is 4.79 Å². The van der Waals surface area contributed by atoms with Crippen LogP contribution in [0.1, 0.15) is 50.2 Å². The molecule has 1 aromatic carbocycles. The van der Waals surface area contributed by atoms with E-state index in [0.717, 1.165) is 37.8 Å². The lowest BCUT2D eigenvalue weighted by atomic mass is 10.1. The average molecular weight is 330 g/mol. The lowest BCUT2D eigenvalue weighted by Gasteiger charge is -2.23. The van der Waals surface area contributed by atoms with E-state index in [9.17, 15) is 9.59 Å². The Morgan fingerprint density at radius 2 is 2.08 bits per heavy atom. The van der Waals surface area contributed by atoms with Crippen LogP contribution in [0.2, 0.25) is 0 Å². The molecule has 0 aromatic heterocycles. The molecule has 24 heavy (non-hydrogen) atoms. The van der Waals surface area contributed by atoms with Crippen LogP contribution >= 0.6 is 0 Å². The van der Waals surface area contributed by atoms with Crippen LogP contribution in [0.25, 0.3) is 0 Å². The minimum Gasteiger partial charge on any atom is -0.449 e. The van der Waals surface area contributed by atoms with Gasteiger partial charge < -0.3 is 10.1 Å². The molecule has 0 unspecified atom stereocenters. The number of likely N-dealkylation sites (tertiary alicyclic amines) is 1. The molecule has 0 spiro atoms. The Morgan fingerprint density at radius 3 is 2.92 bits per heavy atom. The van der Waals surface area contributed by atoms with Crippen molar-refractivity contribution >= 4 is 17.7 Å². The zero-order valence-corrected chi connectivity index (χ0v) is 14.3. The molecule has 5 heteroatoms. The van der Waals surface area contributed by atoms with Gasteiger partial charge in [0.15, 0.2) is 0 Å². The fourth-order valence-electron chi connectivity index (χ4n) is 3.52. The Kier molecular flexibility index (Phi) is 5.38. The van der Waals surface area contributed by atoms with Crippen molar-refractivity contribution in [1.29, 1.82) is 0 Å². The molecule has 0 radical (unpaired) electrons. The fraction of sp³-hybridized carbons (Fsp3) is 0.579. The van der Waals surface area contributed by atoms with Gasteiger partial charge in [0.05, 0.1) is 6.61 Å². The molecule has 0 saturated carbocycles. The lowest BCUT2D eigenvalue weighted by Crippen LogP contribution is -2.43. The zero-order valence-electron chi connectivity index (χ0n) is 14.3. The first-order chi connectivity index (χ1) is 11.7. The molecule has 1 atom stereocenters. The van der Waals surface area contributed by atoms with Gasteiger partial charge in [0.2, 0.25) is 5.91 Å². The Balaban J connectivity index is 1.60. The minimum atomic E-state index is -0.424. The summed E-state index contributed by atoms with van der Waals surface area (Å²) in [5.41, 5.74) is 3.54. The van der Waals surface area contributed by atoms with Crippen LogP contribution in [0, 0.1) is 0 Å². The lowest BCUT2D eigenvalue weighted by molar-refractivity contribution is -0.120. The first kappa shape index (κ1) is 16.8. The number of benzene rings is 1. The third kappa shape index (κ3) is 3.71. The van der Waals surface area contributed by atoms with E-state index in [1.54, 1.807) is 4.90 Å². The topological polar surface area (TPSA) is 58.6 Å². The van der Waals surface area contributed by atoms with Crippen molar-refractivity contribution < 1.29 is 14.3 Å². The second-order valence-corrected chi connectivity index (χ2v) is 6.65. The molecule has 1 aromatic rings. The van der Waals surface area contributed by atoms with Crippen LogP contribution in [0.5, 0.6) is 0 Å². The molecule has 2 amide bonds. The molecule has 0 bridgehead atoms. The van der Waals surface area contributed by atoms with Gasteiger partial charge in [-0.05, 0) is 61.8 Å². The monoisotopic (exact) mass is 330 g/mol. The van der Waals surface area contributed by atoms with Crippen LogP contribution in [0.4, 0.5) is 10.5 Å². The Hall–Kier alpha value is -2.04. The van der Waals surface area contributed by atoms with Crippen LogP contribution in [0.15, 0.2) is 18.2 Å². The second-order valence-electron chi connectivity index (χ2n) is 6.65. The van der Waals surface area contributed by atoms with Gasteiger partial charge in [0.1, 0.15) is 6.04 Å². The number of fused-ring (bicyclic) bond motifs is 1. The summed E-state index contributed by atoms with van der Waals surface area (Å²) in [5.74, 6) is -0.113. The molecule has 1 heterocycles. The fourth-order valence-corrected chi connectivity index (χ4v) is 3.52. The summed E-state index contributed by atoms with van der Waals surface area (Å²) in [6.07, 6.45) is 6.40. The van der Waals surface area contributed by atoms with Crippen molar-refractivity contribution in [3.63, 3.8) is 0 Å². The molecule has 1 fully saturated rings. The number of aryl methyl sites for hydroxylation is 2. The zero-order chi connectivity index (χ0) is 16.9. The summed E-state index contributed by atoms with van der Waals surface area (Å²) >= 11 is 0. The maximum absolute atomic E-state index is 12.6. The quantitative estimate of drug-likeness (QED) is 0.841. The van der Waals surface area contributed by atoms with Crippen LogP contribution in [0.3, 0.4) is 0 Å². The van der Waals surface area contributed by atoms with Crippen molar-refractivity contribution in [3.05, 3.63) is 29.3 Å². The number of hydrogen-bond donors (Lipinski definition) is 1. The molecule has 3 rings (SSSR count). The van der Waals surface area contributed by atoms with E-state index >= 15 is 0 Å². The number of ether oxygens (including phenoxy) is 1. The highest BCUT2D eigenvalue weighted by Crippen LogP contribution is 2.26. The normalized spacial score (nSPS) is 19.2. The van der Waals surface area contributed by atoms with Crippen molar-refractivity contribution in [1.82, 2.24) is 4.90 Å². The summed E-state index contributed by atoms with van der Waals surface area (Å²) in [6, 6.07) is 5.70. The Morgan fingerprint density at radius 1 is 1.25 bits per heavy atom. The highest BCUT2D eigenvalue weighted by molar-refractivity contribution is 5.97. The Bertz CT molecular complexity index is 615. The van der Waals surface area contributed by atoms with Crippen molar-refractivity contribution in [2.45, 2.75) is 57.9 Å². The summed E-state index contributed by atoms with van der Waals surface area (Å²) in [5, 5.41) is 2.98. The number of nitrogens with one attached hydrogen (secondary N) is 1. The summed E-state index contributed by atoms with van der Waals surface area (Å²) in [4.78, 5) is 26.3. The molecule has 1 N–H and O–H groups in total. The van der Waals surface area contributed by atoms with E-state index in [-0.39, 0.29) is 12.0 Å². The number of amides is 2. The number of unbranched alkanes of at least 4 members (excludes halogenated alkanes) is 1. The van der Waals surface area contributed by atoms with Crippen LogP contribution in [-0.2, 0) is 22.4 Å². The van der Waals surface area contributed by atoms with E-state index in [1.165, 1.54) is 17.5 Å². The SMILES string of the molecule is CCCCOC(=O)N1CCC[C@H]1C(=O)Nc1ccc2c(c1)CCC2. The maximum Gasteiger partial charge on any atom is 0.410 e. The largest absolute Gasteiger partial charge is 0.449 e. The number of carbonyl (C=O) groups is 2. The van der Waals surface area contributed by atoms with Gasteiger partial charge in [-0.1, -0.05) is 19.4 Å². The summed E-state index contributed by atoms with van der Waals surface area (Å²) in [6.45, 7) is 3.06. The predicted octanol–water partition coefficient (Wildman–Crippen LogP) is 3.51. The van der Waals surface area contributed by atoms with Gasteiger partial charge in [-0.2, -0.15) is 0 Å². The van der Waals surface area contributed by atoms with E-state index in [4.69, 9.17) is 4.74 Å². The number of hydrogen-bond acceptors (Lipinski definition) is 3. The molecule has 1 aliphatic carbocycles. The smallest absolute Gasteiger partial charge is 0.410 e. The standard InChI is InChI=1S/C19H26N2O3/c1-2-3-12-24-19(23)21-11-5-8-17(21)18(22)20-16-10-9-14-6-4-7-15(14)13-16/h9-10,13,17H,2-8,11-12H2,1H3,(H,20,22)/t17-/m0/s1. The third-order valence-corrected chi connectivity index (χ3v) is 4.88. The highest BCUT2D eigenvalue weighted by atomic mass is 16.6. The molecule has 1 saturated heterocycles. The first-order valence-electron chi connectivity index (χ1n) is 9.05. The highest BCUT2D eigenvalue weighted by Gasteiger charge is 2.35. The van der Waals surface area contributed by atoms with E-state index < -0.39 is 6.04 Å². The van der Waals surface area contributed by atoms with E-state index in [1.807, 2.05) is 6.07 Å². The minimum absolute atomic E-state index is 0.113. The molecular formula is C19H26N2O3. The molecule has 1 aliphatic heterocycles.